The molecule has 1 aromatic heterocycles. The fourth-order valence-corrected chi connectivity index (χ4v) is 2.43. The molecule has 6 nitrogen and oxygen atoms in total. The molecule has 0 aliphatic heterocycles. The Labute approximate surface area is 143 Å². The Bertz CT molecular complexity index is 681. The molecule has 0 spiro atoms. The molecule has 1 heterocycles. The predicted molar refractivity (Wildman–Crippen MR) is 87.0 cm³/mol. The smallest absolute Gasteiger partial charge is 0.404 e. The Morgan fingerprint density at radius 1 is 1.20 bits per heavy atom. The van der Waals surface area contributed by atoms with Gasteiger partial charge < -0.3 is 20.8 Å². The van der Waals surface area contributed by atoms with Crippen LogP contribution in [0.3, 0.4) is 0 Å². The summed E-state index contributed by atoms with van der Waals surface area (Å²) in [5.41, 5.74) is 1.16. The van der Waals surface area contributed by atoms with E-state index in [1.165, 1.54) is 0 Å². The third-order valence-corrected chi connectivity index (χ3v) is 3.56. The van der Waals surface area contributed by atoms with Crippen molar-refractivity contribution in [3.63, 3.8) is 0 Å². The van der Waals surface area contributed by atoms with Crippen LogP contribution in [0.15, 0.2) is 42.7 Å². The normalized spacial score (nSPS) is 13.2. The number of hydrogen-bond acceptors (Lipinski definition) is 4. The van der Waals surface area contributed by atoms with Gasteiger partial charge in [-0.15, -0.1) is 0 Å². The minimum Gasteiger partial charge on any atom is -0.465 e. The van der Waals surface area contributed by atoms with E-state index in [4.69, 9.17) is 5.11 Å². The molecule has 4 N–H and O–H groups in total. The summed E-state index contributed by atoms with van der Waals surface area (Å²) in [7, 11) is 0. The van der Waals surface area contributed by atoms with Crippen molar-refractivity contribution in [1.29, 1.82) is 0 Å². The van der Waals surface area contributed by atoms with E-state index in [-0.39, 0.29) is 18.5 Å². The van der Waals surface area contributed by atoms with Gasteiger partial charge in [0.05, 0.1) is 12.1 Å². The molecule has 2 rings (SSSR count). The van der Waals surface area contributed by atoms with Gasteiger partial charge in [0.2, 0.25) is 0 Å². The van der Waals surface area contributed by atoms with Gasteiger partial charge in [-0.1, -0.05) is 6.07 Å². The number of carbonyl (C=O) groups is 1. The number of aliphatic hydroxyl groups is 1. The number of rotatable bonds is 8. The Morgan fingerprint density at radius 2 is 1.92 bits per heavy atom. The van der Waals surface area contributed by atoms with E-state index in [2.05, 4.69) is 15.6 Å². The Balaban J connectivity index is 1.96. The average molecular weight is 351 g/mol. The number of aliphatic hydroxyl groups excluding tert-OH is 1. The van der Waals surface area contributed by atoms with Crippen molar-refractivity contribution in [3.05, 3.63) is 65.5 Å². The zero-order valence-corrected chi connectivity index (χ0v) is 13.3. The Hall–Kier alpha value is -2.58. The molecule has 0 aliphatic rings. The maximum atomic E-state index is 13.3. The largest absolute Gasteiger partial charge is 0.465 e. The topological polar surface area (TPSA) is 94.5 Å². The number of nitrogens with one attached hydrogen (secondary N) is 2. The molecular weight excluding hydrogens is 332 g/mol. The van der Waals surface area contributed by atoms with Gasteiger partial charge in [0.1, 0.15) is 11.6 Å². The fourth-order valence-electron chi connectivity index (χ4n) is 2.43. The summed E-state index contributed by atoms with van der Waals surface area (Å²) >= 11 is 0. The summed E-state index contributed by atoms with van der Waals surface area (Å²) in [4.78, 5) is 14.9. The first kappa shape index (κ1) is 18.8. The van der Waals surface area contributed by atoms with Crippen LogP contribution in [-0.4, -0.2) is 40.0 Å². The number of hydrogen-bond donors (Lipinski definition) is 4. The maximum absolute atomic E-state index is 13.3. The summed E-state index contributed by atoms with van der Waals surface area (Å²) in [6.45, 7) is 0.539. The zero-order chi connectivity index (χ0) is 18.2. The lowest BCUT2D eigenvalue weighted by atomic mass is 10.0. The predicted octanol–water partition coefficient (Wildman–Crippen LogP) is 1.69. The van der Waals surface area contributed by atoms with Crippen LogP contribution in [0.2, 0.25) is 0 Å². The van der Waals surface area contributed by atoms with E-state index >= 15 is 0 Å². The highest BCUT2D eigenvalue weighted by Gasteiger charge is 2.22. The standard InChI is InChI=1S/C17H19F2N3O3/c18-13-4-12(5-14(19)7-13)6-15(22-17(24)25)16(23)10-21-9-11-2-1-3-20-8-11/h1-5,7-8,15-16,21-23H,6,9-10H2,(H,24,25)/t15-,16+/m0/s1. The third-order valence-electron chi connectivity index (χ3n) is 3.56. The van der Waals surface area contributed by atoms with Crippen LogP contribution in [0.1, 0.15) is 11.1 Å². The molecule has 0 aliphatic carbocycles. The summed E-state index contributed by atoms with van der Waals surface area (Å²) in [5, 5.41) is 24.3. The van der Waals surface area contributed by atoms with Gasteiger partial charge >= 0.3 is 6.09 Å². The van der Waals surface area contributed by atoms with Crippen LogP contribution < -0.4 is 10.6 Å². The van der Waals surface area contributed by atoms with Crippen molar-refractivity contribution >= 4 is 6.09 Å². The molecule has 25 heavy (non-hydrogen) atoms. The zero-order valence-electron chi connectivity index (χ0n) is 13.3. The van der Waals surface area contributed by atoms with Gasteiger partial charge in [-0.05, 0) is 35.7 Å². The molecular formula is C17H19F2N3O3. The van der Waals surface area contributed by atoms with Crippen LogP contribution in [0.5, 0.6) is 0 Å². The van der Waals surface area contributed by atoms with Gasteiger partial charge in [-0.2, -0.15) is 0 Å². The molecule has 0 unspecified atom stereocenters. The SMILES string of the molecule is O=C(O)N[C@@H](Cc1cc(F)cc(F)c1)[C@H](O)CNCc1cccnc1. The van der Waals surface area contributed by atoms with Crippen LogP contribution in [0.4, 0.5) is 13.6 Å². The van der Waals surface area contributed by atoms with E-state index in [1.54, 1.807) is 18.5 Å². The number of halogens is 2. The minimum atomic E-state index is -1.33. The van der Waals surface area contributed by atoms with Gasteiger partial charge in [-0.3, -0.25) is 4.98 Å². The van der Waals surface area contributed by atoms with Crippen molar-refractivity contribution in [2.24, 2.45) is 0 Å². The monoisotopic (exact) mass is 351 g/mol. The van der Waals surface area contributed by atoms with E-state index in [0.717, 1.165) is 23.8 Å². The molecule has 134 valence electrons. The molecule has 0 saturated carbocycles. The quantitative estimate of drug-likeness (QED) is 0.581. The van der Waals surface area contributed by atoms with Crippen LogP contribution >= 0.6 is 0 Å². The first-order valence-corrected chi connectivity index (χ1v) is 7.66. The van der Waals surface area contributed by atoms with E-state index in [1.807, 2.05) is 6.07 Å². The lowest BCUT2D eigenvalue weighted by molar-refractivity contribution is 0.117. The second-order valence-corrected chi connectivity index (χ2v) is 5.60. The number of carboxylic acid groups (broad SMARTS) is 1. The lowest BCUT2D eigenvalue weighted by Crippen LogP contribution is -2.48. The van der Waals surface area contributed by atoms with Gasteiger partial charge in [0.25, 0.3) is 0 Å². The molecule has 1 amide bonds. The summed E-state index contributed by atoms with van der Waals surface area (Å²) in [6.07, 6.45) is 0.856. The molecule has 0 fully saturated rings. The molecule has 0 saturated heterocycles. The lowest BCUT2D eigenvalue weighted by Gasteiger charge is -2.23. The first-order valence-electron chi connectivity index (χ1n) is 7.66. The van der Waals surface area contributed by atoms with Crippen LogP contribution in [0.25, 0.3) is 0 Å². The van der Waals surface area contributed by atoms with Gasteiger partial charge in [0, 0.05) is 31.5 Å². The van der Waals surface area contributed by atoms with Crippen LogP contribution in [0, 0.1) is 11.6 Å². The molecule has 1 aromatic carbocycles. The van der Waals surface area contributed by atoms with Crippen molar-refractivity contribution in [2.45, 2.75) is 25.1 Å². The second kappa shape index (κ2) is 9.05. The van der Waals surface area contributed by atoms with Gasteiger partial charge in [-0.25, -0.2) is 13.6 Å². The van der Waals surface area contributed by atoms with Crippen molar-refractivity contribution < 1.29 is 23.8 Å². The third kappa shape index (κ3) is 6.44. The van der Waals surface area contributed by atoms with Crippen molar-refractivity contribution in [3.8, 4) is 0 Å². The number of aromatic nitrogens is 1. The highest BCUT2D eigenvalue weighted by Crippen LogP contribution is 2.12. The molecule has 0 radical (unpaired) electrons. The second-order valence-electron chi connectivity index (χ2n) is 5.60. The number of amides is 1. The van der Waals surface area contributed by atoms with E-state index in [9.17, 15) is 18.7 Å². The highest BCUT2D eigenvalue weighted by atomic mass is 19.1. The summed E-state index contributed by atoms with van der Waals surface area (Å²) < 4.78 is 26.5. The molecule has 8 heteroatoms. The van der Waals surface area contributed by atoms with E-state index < -0.39 is 29.9 Å². The molecule has 0 bridgehead atoms. The number of nitrogens with zero attached hydrogens (tertiary/aromatic N) is 1. The van der Waals surface area contributed by atoms with E-state index in [0.29, 0.717) is 6.54 Å². The number of pyridine rings is 1. The summed E-state index contributed by atoms with van der Waals surface area (Å²) in [5.74, 6) is -1.51. The fraction of sp³-hybridized carbons (Fsp3) is 0.294. The average Bonchev–Trinajstić information content (AvgIpc) is 2.54. The molecule has 2 atom stereocenters. The summed E-state index contributed by atoms with van der Waals surface area (Å²) in [6, 6.07) is 5.66. The van der Waals surface area contributed by atoms with Crippen molar-refractivity contribution in [2.75, 3.05) is 6.54 Å². The van der Waals surface area contributed by atoms with Gasteiger partial charge in [0.15, 0.2) is 0 Å². The number of benzene rings is 1. The minimum absolute atomic E-state index is 0.0449. The van der Waals surface area contributed by atoms with Crippen molar-refractivity contribution in [1.82, 2.24) is 15.6 Å². The maximum Gasteiger partial charge on any atom is 0.404 e. The Kier molecular flexibility index (Phi) is 6.79. The highest BCUT2D eigenvalue weighted by molar-refractivity contribution is 5.65. The van der Waals surface area contributed by atoms with Crippen LogP contribution in [-0.2, 0) is 13.0 Å². The molecule has 2 aromatic rings. The Morgan fingerprint density at radius 3 is 2.52 bits per heavy atom. The first-order chi connectivity index (χ1) is 11.9.